The van der Waals surface area contributed by atoms with Gasteiger partial charge in [-0.25, -0.2) is 0 Å². The van der Waals surface area contributed by atoms with Gasteiger partial charge in [0, 0.05) is 32.3 Å². The predicted molar refractivity (Wildman–Crippen MR) is 127 cm³/mol. The summed E-state index contributed by atoms with van der Waals surface area (Å²) in [5.74, 6) is 1.81. The monoisotopic (exact) mass is 529 g/mol. The topological polar surface area (TPSA) is 39.7 Å². The lowest BCUT2D eigenvalue weighted by Gasteiger charge is -2.16. The van der Waals surface area contributed by atoms with E-state index in [9.17, 15) is 0 Å². The van der Waals surface area contributed by atoms with Crippen molar-refractivity contribution in [2.45, 2.75) is 13.2 Å². The first-order valence-electron chi connectivity index (χ1n) is 8.92. The van der Waals surface area contributed by atoms with Crippen LogP contribution < -0.4 is 19.5 Å². The number of anilines is 1. The Balaban J connectivity index is 1.74. The van der Waals surface area contributed by atoms with Gasteiger partial charge in [0.05, 0.1) is 19.2 Å². The Kier molecular flexibility index (Phi) is 8.00. The highest BCUT2D eigenvalue weighted by Crippen LogP contribution is 2.36. The Morgan fingerprint density at radius 1 is 0.833 bits per heavy atom. The molecule has 0 saturated heterocycles. The first-order valence-corrected chi connectivity index (χ1v) is 10.8. The van der Waals surface area contributed by atoms with E-state index in [0.717, 1.165) is 21.3 Å². The quantitative estimate of drug-likeness (QED) is 0.325. The van der Waals surface area contributed by atoms with Crippen molar-refractivity contribution in [2.75, 3.05) is 19.5 Å². The van der Waals surface area contributed by atoms with Crippen LogP contribution in [0, 0.1) is 0 Å². The minimum Gasteiger partial charge on any atom is -0.495 e. The largest absolute Gasteiger partial charge is 0.495 e. The van der Waals surface area contributed by atoms with Gasteiger partial charge in [0.2, 0.25) is 0 Å². The fraction of sp³-hybridized carbons (Fsp3) is 0.182. The molecule has 0 bridgehead atoms. The van der Waals surface area contributed by atoms with Crippen LogP contribution in [0.5, 0.6) is 17.2 Å². The highest BCUT2D eigenvalue weighted by Gasteiger charge is 2.13. The van der Waals surface area contributed by atoms with E-state index in [-0.39, 0.29) is 6.61 Å². The third-order valence-electron chi connectivity index (χ3n) is 4.40. The Morgan fingerprint density at radius 3 is 2.17 bits per heavy atom. The fourth-order valence-corrected chi connectivity index (χ4v) is 4.01. The van der Waals surface area contributed by atoms with Gasteiger partial charge in [-0.15, -0.1) is 0 Å². The second-order valence-electron chi connectivity index (χ2n) is 6.29. The molecule has 1 N–H and O–H groups in total. The Labute approximate surface area is 199 Å². The molecular weight excluding hydrogens is 513 g/mol. The van der Waals surface area contributed by atoms with Crippen molar-refractivity contribution in [1.29, 1.82) is 0 Å². The van der Waals surface area contributed by atoms with Crippen LogP contribution in [0.3, 0.4) is 0 Å². The van der Waals surface area contributed by atoms with E-state index in [1.807, 2.05) is 30.3 Å². The van der Waals surface area contributed by atoms with Gasteiger partial charge in [-0.1, -0.05) is 56.8 Å². The van der Waals surface area contributed by atoms with E-state index < -0.39 is 0 Å². The molecule has 0 aliphatic heterocycles. The normalized spacial score (nSPS) is 10.6. The smallest absolute Gasteiger partial charge is 0.162 e. The Bertz CT molecular complexity index is 1030. The molecular formula is C22H19BrCl3NO3. The number of rotatable bonds is 8. The maximum absolute atomic E-state index is 6.23. The average Bonchev–Trinajstić information content (AvgIpc) is 2.72. The second kappa shape index (κ2) is 10.5. The van der Waals surface area contributed by atoms with Crippen molar-refractivity contribution in [3.8, 4) is 17.2 Å². The molecule has 3 rings (SSSR count). The van der Waals surface area contributed by atoms with Crippen LogP contribution in [0.25, 0.3) is 0 Å². The van der Waals surface area contributed by atoms with Crippen molar-refractivity contribution in [3.05, 3.63) is 79.2 Å². The molecule has 0 unspecified atom stereocenters. The van der Waals surface area contributed by atoms with E-state index in [1.165, 1.54) is 0 Å². The third kappa shape index (κ3) is 5.46. The lowest BCUT2D eigenvalue weighted by Crippen LogP contribution is -2.03. The third-order valence-corrected chi connectivity index (χ3v) is 6.14. The number of methoxy groups -OCH3 is 2. The first-order chi connectivity index (χ1) is 14.4. The van der Waals surface area contributed by atoms with E-state index in [0.29, 0.717) is 38.9 Å². The standard InChI is InChI=1S/C22H19BrCl3NO3/c1-28-20-7-6-14(9-19(20)26)27-11-13-8-21(29-2)22(10-16(13)23)30-12-15-17(24)4-3-5-18(15)25/h3-10,27H,11-12H2,1-2H3. The van der Waals surface area contributed by atoms with Crippen LogP contribution in [0.4, 0.5) is 5.69 Å². The molecule has 0 spiro atoms. The van der Waals surface area contributed by atoms with Crippen molar-refractivity contribution < 1.29 is 14.2 Å². The van der Waals surface area contributed by atoms with Gasteiger partial charge in [0.1, 0.15) is 12.4 Å². The molecule has 0 aliphatic rings. The minimum atomic E-state index is 0.225. The van der Waals surface area contributed by atoms with E-state index >= 15 is 0 Å². The molecule has 30 heavy (non-hydrogen) atoms. The maximum Gasteiger partial charge on any atom is 0.162 e. The summed E-state index contributed by atoms with van der Waals surface area (Å²) >= 11 is 22.2. The number of hydrogen-bond donors (Lipinski definition) is 1. The summed E-state index contributed by atoms with van der Waals surface area (Å²) in [6.45, 7) is 0.777. The lowest BCUT2D eigenvalue weighted by atomic mass is 10.2. The highest BCUT2D eigenvalue weighted by atomic mass is 79.9. The molecule has 0 atom stereocenters. The fourth-order valence-electron chi connectivity index (χ4n) is 2.78. The molecule has 0 radical (unpaired) electrons. The number of benzene rings is 3. The van der Waals surface area contributed by atoms with Gasteiger partial charge < -0.3 is 19.5 Å². The second-order valence-corrected chi connectivity index (χ2v) is 8.36. The maximum atomic E-state index is 6.23. The number of nitrogens with one attached hydrogen (secondary N) is 1. The number of hydrogen-bond acceptors (Lipinski definition) is 4. The molecule has 4 nitrogen and oxygen atoms in total. The SMILES string of the molecule is COc1ccc(NCc2cc(OC)c(OCc3c(Cl)cccc3Cl)cc2Br)cc1Cl. The predicted octanol–water partition coefficient (Wildman–Crippen LogP) is 7.62. The first kappa shape index (κ1) is 22.9. The molecule has 8 heteroatoms. The highest BCUT2D eigenvalue weighted by molar-refractivity contribution is 9.10. The van der Waals surface area contributed by atoms with Crippen LogP contribution in [-0.4, -0.2) is 14.2 Å². The molecule has 0 heterocycles. The van der Waals surface area contributed by atoms with E-state index in [1.54, 1.807) is 32.4 Å². The Morgan fingerprint density at radius 2 is 1.53 bits per heavy atom. The molecule has 0 aliphatic carbocycles. The average molecular weight is 532 g/mol. The molecule has 158 valence electrons. The van der Waals surface area contributed by atoms with Gasteiger partial charge in [-0.05, 0) is 48.0 Å². The van der Waals surface area contributed by atoms with Gasteiger partial charge in [-0.2, -0.15) is 0 Å². The number of halogens is 4. The van der Waals surface area contributed by atoms with Crippen LogP contribution >= 0.6 is 50.7 Å². The molecule has 3 aromatic rings. The molecule has 0 fully saturated rings. The van der Waals surface area contributed by atoms with Crippen LogP contribution in [0.2, 0.25) is 15.1 Å². The van der Waals surface area contributed by atoms with E-state index in [4.69, 9.17) is 49.0 Å². The van der Waals surface area contributed by atoms with E-state index in [2.05, 4.69) is 21.2 Å². The van der Waals surface area contributed by atoms with Crippen molar-refractivity contribution >= 4 is 56.4 Å². The summed E-state index contributed by atoms with van der Waals surface area (Å²) in [5.41, 5.74) is 2.59. The Hall–Kier alpha value is -1.79. The van der Waals surface area contributed by atoms with Gasteiger partial charge in [-0.3, -0.25) is 0 Å². The van der Waals surface area contributed by atoms with Gasteiger partial charge >= 0.3 is 0 Å². The summed E-state index contributed by atoms with van der Waals surface area (Å²) in [7, 11) is 3.18. The molecule has 0 aromatic heterocycles. The minimum absolute atomic E-state index is 0.225. The van der Waals surface area contributed by atoms with Crippen LogP contribution in [-0.2, 0) is 13.2 Å². The van der Waals surface area contributed by atoms with Crippen molar-refractivity contribution in [1.82, 2.24) is 0 Å². The zero-order valence-electron chi connectivity index (χ0n) is 16.3. The summed E-state index contributed by atoms with van der Waals surface area (Å²) in [5, 5.41) is 4.99. The molecule has 3 aromatic carbocycles. The van der Waals surface area contributed by atoms with Crippen molar-refractivity contribution in [3.63, 3.8) is 0 Å². The van der Waals surface area contributed by atoms with Gasteiger partial charge in [0.25, 0.3) is 0 Å². The number of ether oxygens (including phenoxy) is 3. The van der Waals surface area contributed by atoms with Crippen LogP contribution in [0.15, 0.2) is 53.0 Å². The zero-order valence-corrected chi connectivity index (χ0v) is 20.1. The van der Waals surface area contributed by atoms with Crippen molar-refractivity contribution in [2.24, 2.45) is 0 Å². The molecule has 0 amide bonds. The van der Waals surface area contributed by atoms with Crippen LogP contribution in [0.1, 0.15) is 11.1 Å². The summed E-state index contributed by atoms with van der Waals surface area (Å²) in [6, 6.07) is 14.7. The summed E-state index contributed by atoms with van der Waals surface area (Å²) < 4.78 is 17.5. The zero-order chi connectivity index (χ0) is 21.7. The summed E-state index contributed by atoms with van der Waals surface area (Å²) in [4.78, 5) is 0. The van der Waals surface area contributed by atoms with Gasteiger partial charge in [0.15, 0.2) is 11.5 Å². The molecule has 0 saturated carbocycles. The lowest BCUT2D eigenvalue weighted by molar-refractivity contribution is 0.284. The summed E-state index contributed by atoms with van der Waals surface area (Å²) in [6.07, 6.45) is 0.